The standard InChI is InChI=1S/C12H15NO2/c1-2-9-4-5-10-8(7-12(14)15)3-6-11(10)13-9/h4-5,8H,2-3,6-7H2,1H3,(H,14,15). The zero-order chi connectivity index (χ0) is 10.8. The summed E-state index contributed by atoms with van der Waals surface area (Å²) in [7, 11) is 0. The van der Waals surface area contributed by atoms with E-state index in [-0.39, 0.29) is 12.3 Å². The summed E-state index contributed by atoms with van der Waals surface area (Å²) < 4.78 is 0. The van der Waals surface area contributed by atoms with E-state index < -0.39 is 5.97 Å². The number of fused-ring (bicyclic) bond motifs is 1. The van der Waals surface area contributed by atoms with Gasteiger partial charge in [-0.25, -0.2) is 0 Å². The molecule has 0 fully saturated rings. The number of pyridine rings is 1. The molecule has 1 aliphatic carbocycles. The van der Waals surface area contributed by atoms with E-state index in [0.29, 0.717) is 0 Å². The van der Waals surface area contributed by atoms with Crippen LogP contribution in [0.5, 0.6) is 0 Å². The van der Waals surface area contributed by atoms with Crippen molar-refractivity contribution in [2.24, 2.45) is 0 Å². The van der Waals surface area contributed by atoms with Crippen molar-refractivity contribution >= 4 is 5.97 Å². The van der Waals surface area contributed by atoms with Crippen LogP contribution in [0.2, 0.25) is 0 Å². The first-order chi connectivity index (χ1) is 7.20. The molecule has 2 rings (SSSR count). The van der Waals surface area contributed by atoms with Crippen molar-refractivity contribution < 1.29 is 9.90 Å². The number of carboxylic acid groups (broad SMARTS) is 1. The summed E-state index contributed by atoms with van der Waals surface area (Å²) in [6, 6.07) is 4.07. The molecule has 80 valence electrons. The van der Waals surface area contributed by atoms with Gasteiger partial charge in [-0.1, -0.05) is 13.0 Å². The van der Waals surface area contributed by atoms with Crippen LogP contribution in [0.25, 0.3) is 0 Å². The van der Waals surface area contributed by atoms with Crippen molar-refractivity contribution in [1.82, 2.24) is 4.98 Å². The van der Waals surface area contributed by atoms with Crippen molar-refractivity contribution in [2.45, 2.75) is 38.5 Å². The fraction of sp³-hybridized carbons (Fsp3) is 0.500. The molecular weight excluding hydrogens is 190 g/mol. The molecule has 3 heteroatoms. The number of carbonyl (C=O) groups is 1. The minimum atomic E-state index is -0.715. The molecule has 3 nitrogen and oxygen atoms in total. The summed E-state index contributed by atoms with van der Waals surface area (Å²) in [5.74, 6) is -0.539. The van der Waals surface area contributed by atoms with E-state index in [2.05, 4.69) is 18.0 Å². The molecule has 0 amide bonds. The Kier molecular flexibility index (Phi) is 2.71. The highest BCUT2D eigenvalue weighted by Crippen LogP contribution is 2.34. The van der Waals surface area contributed by atoms with Crippen molar-refractivity contribution in [1.29, 1.82) is 0 Å². The second-order valence-corrected chi connectivity index (χ2v) is 4.03. The van der Waals surface area contributed by atoms with Gasteiger partial charge < -0.3 is 5.11 Å². The number of hydrogen-bond acceptors (Lipinski definition) is 2. The number of aromatic nitrogens is 1. The van der Waals surface area contributed by atoms with E-state index in [1.54, 1.807) is 0 Å². The molecule has 0 bridgehead atoms. The lowest BCUT2D eigenvalue weighted by Gasteiger charge is -2.08. The predicted octanol–water partition coefficient (Wildman–Crippen LogP) is 2.15. The summed E-state index contributed by atoms with van der Waals surface area (Å²) in [6.45, 7) is 2.08. The highest BCUT2D eigenvalue weighted by molar-refractivity contribution is 5.68. The van der Waals surface area contributed by atoms with E-state index in [1.165, 1.54) is 0 Å². The van der Waals surface area contributed by atoms with E-state index >= 15 is 0 Å². The van der Waals surface area contributed by atoms with Crippen LogP contribution in [-0.4, -0.2) is 16.1 Å². The topological polar surface area (TPSA) is 50.2 Å². The first-order valence-corrected chi connectivity index (χ1v) is 5.41. The second-order valence-electron chi connectivity index (χ2n) is 4.03. The lowest BCUT2D eigenvalue weighted by molar-refractivity contribution is -0.137. The summed E-state index contributed by atoms with van der Waals surface area (Å²) in [6.07, 6.45) is 3.04. The molecule has 1 atom stereocenters. The SMILES string of the molecule is CCc1ccc2c(n1)CCC2CC(=O)O. The molecule has 1 aliphatic rings. The van der Waals surface area contributed by atoms with Crippen LogP contribution in [0, 0.1) is 0 Å². The maximum Gasteiger partial charge on any atom is 0.303 e. The molecule has 1 unspecified atom stereocenters. The summed E-state index contributed by atoms with van der Waals surface area (Å²) >= 11 is 0. The molecule has 1 aromatic rings. The van der Waals surface area contributed by atoms with Crippen LogP contribution >= 0.6 is 0 Å². The zero-order valence-electron chi connectivity index (χ0n) is 8.86. The molecule has 1 N–H and O–H groups in total. The number of nitrogens with zero attached hydrogens (tertiary/aromatic N) is 1. The number of aliphatic carboxylic acids is 1. The molecule has 0 saturated heterocycles. The third kappa shape index (κ3) is 2.01. The van der Waals surface area contributed by atoms with Crippen LogP contribution in [-0.2, 0) is 17.6 Å². The van der Waals surface area contributed by atoms with Crippen LogP contribution in [0.15, 0.2) is 12.1 Å². The van der Waals surface area contributed by atoms with Gasteiger partial charge in [0.1, 0.15) is 0 Å². The van der Waals surface area contributed by atoms with Gasteiger partial charge in [-0.15, -0.1) is 0 Å². The van der Waals surface area contributed by atoms with Crippen LogP contribution in [0.4, 0.5) is 0 Å². The van der Waals surface area contributed by atoms with E-state index in [0.717, 1.165) is 36.2 Å². The predicted molar refractivity (Wildman–Crippen MR) is 56.9 cm³/mol. The molecule has 0 radical (unpaired) electrons. The first kappa shape index (κ1) is 10.1. The highest BCUT2D eigenvalue weighted by atomic mass is 16.4. The molecule has 1 heterocycles. The van der Waals surface area contributed by atoms with Gasteiger partial charge >= 0.3 is 5.97 Å². The van der Waals surface area contributed by atoms with Gasteiger partial charge in [0, 0.05) is 11.4 Å². The third-order valence-electron chi connectivity index (χ3n) is 3.02. The molecule has 0 aromatic carbocycles. The Morgan fingerprint density at radius 3 is 3.07 bits per heavy atom. The molecule has 1 aromatic heterocycles. The summed E-state index contributed by atoms with van der Waals surface area (Å²) in [4.78, 5) is 15.2. The lowest BCUT2D eigenvalue weighted by atomic mass is 9.99. The fourth-order valence-corrected chi connectivity index (χ4v) is 2.22. The lowest BCUT2D eigenvalue weighted by Crippen LogP contribution is -2.03. The monoisotopic (exact) mass is 205 g/mol. The quantitative estimate of drug-likeness (QED) is 0.822. The van der Waals surface area contributed by atoms with Crippen molar-refractivity contribution in [2.75, 3.05) is 0 Å². The summed E-state index contributed by atoms with van der Waals surface area (Å²) in [5.41, 5.74) is 3.36. The van der Waals surface area contributed by atoms with Crippen LogP contribution < -0.4 is 0 Å². The Morgan fingerprint density at radius 2 is 2.40 bits per heavy atom. The fourth-order valence-electron chi connectivity index (χ4n) is 2.22. The maximum atomic E-state index is 10.7. The first-order valence-electron chi connectivity index (χ1n) is 5.41. The number of hydrogen-bond donors (Lipinski definition) is 1. The maximum absolute atomic E-state index is 10.7. The smallest absolute Gasteiger partial charge is 0.303 e. The van der Waals surface area contributed by atoms with Gasteiger partial charge in [0.05, 0.1) is 6.42 Å². The van der Waals surface area contributed by atoms with E-state index in [9.17, 15) is 4.79 Å². The van der Waals surface area contributed by atoms with Crippen molar-refractivity contribution in [3.05, 3.63) is 29.1 Å². The Bertz CT molecular complexity index is 387. The minimum absolute atomic E-state index is 0.177. The second kappa shape index (κ2) is 4.01. The normalized spacial score (nSPS) is 18.9. The van der Waals surface area contributed by atoms with Gasteiger partial charge in [-0.3, -0.25) is 9.78 Å². The largest absolute Gasteiger partial charge is 0.481 e. The Hall–Kier alpha value is -1.38. The average Bonchev–Trinajstić information content (AvgIpc) is 2.60. The Balaban J connectivity index is 2.24. The van der Waals surface area contributed by atoms with Gasteiger partial charge in [-0.2, -0.15) is 0 Å². The van der Waals surface area contributed by atoms with Crippen molar-refractivity contribution in [3.63, 3.8) is 0 Å². The Morgan fingerprint density at radius 1 is 1.60 bits per heavy atom. The van der Waals surface area contributed by atoms with Gasteiger partial charge in [0.15, 0.2) is 0 Å². The van der Waals surface area contributed by atoms with E-state index in [4.69, 9.17) is 5.11 Å². The third-order valence-corrected chi connectivity index (χ3v) is 3.02. The number of rotatable bonds is 3. The van der Waals surface area contributed by atoms with Crippen LogP contribution in [0.3, 0.4) is 0 Å². The molecule has 0 aliphatic heterocycles. The Labute approximate surface area is 89.2 Å². The van der Waals surface area contributed by atoms with E-state index in [1.807, 2.05) is 6.07 Å². The molecule has 0 saturated carbocycles. The van der Waals surface area contributed by atoms with Gasteiger partial charge in [-0.05, 0) is 36.8 Å². The van der Waals surface area contributed by atoms with Crippen molar-refractivity contribution in [3.8, 4) is 0 Å². The summed E-state index contributed by atoms with van der Waals surface area (Å²) in [5, 5.41) is 8.78. The average molecular weight is 205 g/mol. The number of aryl methyl sites for hydroxylation is 2. The molecule has 0 spiro atoms. The van der Waals surface area contributed by atoms with Gasteiger partial charge in [0.2, 0.25) is 0 Å². The zero-order valence-corrected chi connectivity index (χ0v) is 8.86. The highest BCUT2D eigenvalue weighted by Gasteiger charge is 2.25. The molecular formula is C12H15NO2. The number of carboxylic acids is 1. The molecule has 15 heavy (non-hydrogen) atoms. The van der Waals surface area contributed by atoms with Gasteiger partial charge in [0.25, 0.3) is 0 Å². The minimum Gasteiger partial charge on any atom is -0.481 e. The van der Waals surface area contributed by atoms with Crippen LogP contribution in [0.1, 0.15) is 42.6 Å².